The molecular formula is C13H13Cl2F3N4O2S. The Morgan fingerprint density at radius 3 is 2.36 bits per heavy atom. The monoisotopic (exact) mass is 416 g/mol. The lowest BCUT2D eigenvalue weighted by Gasteiger charge is -2.06. The first-order chi connectivity index (χ1) is 11.5. The van der Waals surface area contributed by atoms with Gasteiger partial charge in [-0.3, -0.25) is 0 Å². The van der Waals surface area contributed by atoms with E-state index >= 15 is 0 Å². The highest BCUT2D eigenvalue weighted by Crippen LogP contribution is 2.40. The summed E-state index contributed by atoms with van der Waals surface area (Å²) in [5.41, 5.74) is 1.72. The zero-order chi connectivity index (χ0) is 18.8. The van der Waals surface area contributed by atoms with Crippen molar-refractivity contribution in [3.63, 3.8) is 0 Å². The van der Waals surface area contributed by atoms with Crippen LogP contribution in [0.2, 0.25) is 0 Å². The molecule has 1 saturated carbocycles. The number of alkyl halides is 3. The summed E-state index contributed by atoms with van der Waals surface area (Å²) in [4.78, 5) is 3.48. The number of hydrogen-bond acceptors (Lipinski definition) is 5. The fourth-order valence-corrected chi connectivity index (χ4v) is 2.10. The van der Waals surface area contributed by atoms with E-state index in [-0.39, 0.29) is 5.95 Å². The van der Waals surface area contributed by atoms with Crippen LogP contribution in [0.3, 0.4) is 0 Å². The number of nitrogens with zero attached hydrogens (tertiary/aromatic N) is 3. The highest BCUT2D eigenvalue weighted by molar-refractivity contribution is 8.31. The number of halogens is 5. The van der Waals surface area contributed by atoms with Crippen LogP contribution in [0.15, 0.2) is 24.3 Å². The van der Waals surface area contributed by atoms with Gasteiger partial charge in [0.15, 0.2) is 0 Å². The Bertz CT molecular complexity index is 843. The summed E-state index contributed by atoms with van der Waals surface area (Å²) >= 11 is 0. The van der Waals surface area contributed by atoms with Gasteiger partial charge in [-0.05, 0) is 36.5 Å². The predicted molar refractivity (Wildman–Crippen MR) is 88.5 cm³/mol. The number of hydrogen-bond donors (Lipinski definition) is 1. The van der Waals surface area contributed by atoms with E-state index in [1.165, 1.54) is 11.7 Å². The van der Waals surface area contributed by atoms with E-state index in [1.807, 2.05) is 18.2 Å². The van der Waals surface area contributed by atoms with Crippen molar-refractivity contribution in [1.29, 1.82) is 0 Å². The average Bonchev–Trinajstić information content (AvgIpc) is 3.23. The topological polar surface area (TPSA) is 76.9 Å². The molecule has 1 aliphatic rings. The van der Waals surface area contributed by atoms with Crippen LogP contribution in [0, 0.1) is 0 Å². The maximum atomic E-state index is 12.7. The third-order valence-corrected chi connectivity index (χ3v) is 3.25. The normalized spacial score (nSPS) is 14.6. The zero-order valence-corrected chi connectivity index (χ0v) is 15.1. The fraction of sp³-hybridized carbons (Fsp3) is 0.385. The van der Waals surface area contributed by atoms with E-state index in [9.17, 15) is 13.2 Å². The van der Waals surface area contributed by atoms with E-state index in [0.717, 1.165) is 18.4 Å². The minimum atomic E-state index is -4.55. The minimum absolute atomic E-state index is 0.0743. The van der Waals surface area contributed by atoms with Gasteiger partial charge in [-0.15, -0.1) is 5.10 Å². The lowest BCUT2D eigenvalue weighted by molar-refractivity contribution is -0.144. The van der Waals surface area contributed by atoms with Crippen molar-refractivity contribution in [2.45, 2.75) is 24.9 Å². The Morgan fingerprint density at radius 2 is 1.88 bits per heavy atom. The molecule has 1 aliphatic carbocycles. The molecule has 1 fully saturated rings. The highest BCUT2D eigenvalue weighted by Gasteiger charge is 2.37. The quantitative estimate of drug-likeness (QED) is 0.767. The van der Waals surface area contributed by atoms with Gasteiger partial charge in [-0.25, -0.2) is 0 Å². The second-order valence-corrected chi connectivity index (χ2v) is 8.83. The maximum Gasteiger partial charge on any atom is 0.453 e. The molecule has 0 spiro atoms. The molecule has 0 saturated heterocycles. The van der Waals surface area contributed by atoms with Crippen LogP contribution in [0.1, 0.15) is 30.1 Å². The smallest absolute Gasteiger partial charge is 0.357 e. The van der Waals surface area contributed by atoms with Crippen molar-refractivity contribution in [3.8, 4) is 5.69 Å². The minimum Gasteiger partial charge on any atom is -0.357 e. The predicted octanol–water partition coefficient (Wildman–Crippen LogP) is 3.91. The molecule has 0 unspecified atom stereocenters. The molecule has 0 amide bonds. The summed E-state index contributed by atoms with van der Waals surface area (Å²) in [5.74, 6) is -0.539. The molecule has 1 heterocycles. The number of nitrogens with one attached hydrogen (secondary N) is 1. The van der Waals surface area contributed by atoms with Crippen LogP contribution in [-0.4, -0.2) is 30.2 Å². The Morgan fingerprint density at radius 1 is 1.28 bits per heavy atom. The van der Waals surface area contributed by atoms with E-state index in [2.05, 4.69) is 36.8 Å². The molecule has 0 bridgehead atoms. The molecule has 1 N–H and O–H groups in total. The average molecular weight is 417 g/mol. The lowest BCUT2D eigenvalue weighted by atomic mass is 10.1. The molecule has 1 aromatic carbocycles. The third-order valence-electron chi connectivity index (χ3n) is 3.25. The van der Waals surface area contributed by atoms with Crippen LogP contribution < -0.4 is 5.32 Å². The fourth-order valence-electron chi connectivity index (χ4n) is 2.10. The lowest BCUT2D eigenvalue weighted by Crippen LogP contribution is -2.08. The van der Waals surface area contributed by atoms with Gasteiger partial charge in [0.1, 0.15) is 0 Å². The van der Waals surface area contributed by atoms with Crippen molar-refractivity contribution in [2.24, 2.45) is 0 Å². The van der Waals surface area contributed by atoms with E-state index in [4.69, 9.17) is 8.42 Å². The molecule has 138 valence electrons. The molecule has 0 aliphatic heterocycles. The molecule has 0 atom stereocenters. The molecule has 6 nitrogen and oxygen atoms in total. The molecule has 12 heteroatoms. The first-order valence-corrected chi connectivity index (χ1v) is 10.1. The van der Waals surface area contributed by atoms with E-state index < -0.39 is 20.3 Å². The van der Waals surface area contributed by atoms with Crippen LogP contribution in [0.4, 0.5) is 19.1 Å². The summed E-state index contributed by atoms with van der Waals surface area (Å²) in [7, 11) is 6.33. The van der Waals surface area contributed by atoms with Crippen molar-refractivity contribution in [1.82, 2.24) is 14.8 Å². The van der Waals surface area contributed by atoms with Gasteiger partial charge in [0.25, 0.3) is 5.82 Å². The molecular weight excluding hydrogens is 404 g/mol. The van der Waals surface area contributed by atoms with Gasteiger partial charge < -0.3 is 5.32 Å². The van der Waals surface area contributed by atoms with Crippen LogP contribution in [-0.2, 0) is 14.4 Å². The summed E-state index contributed by atoms with van der Waals surface area (Å²) in [5, 5.41) is 6.20. The van der Waals surface area contributed by atoms with E-state index in [1.54, 1.807) is 6.07 Å². The molecule has 25 heavy (non-hydrogen) atoms. The number of aromatic nitrogens is 3. The van der Waals surface area contributed by atoms with Gasteiger partial charge in [0, 0.05) is 28.4 Å². The highest BCUT2D eigenvalue weighted by atomic mass is 36.0. The first-order valence-electron chi connectivity index (χ1n) is 6.95. The Labute approximate surface area is 150 Å². The molecule has 0 radical (unpaired) electrons. The Hall–Kier alpha value is -1.52. The molecule has 1 aromatic heterocycles. The van der Waals surface area contributed by atoms with Gasteiger partial charge >= 0.3 is 14.4 Å². The van der Waals surface area contributed by atoms with E-state index in [0.29, 0.717) is 11.6 Å². The largest absolute Gasteiger partial charge is 0.453 e. The van der Waals surface area contributed by atoms with Crippen LogP contribution in [0.25, 0.3) is 5.69 Å². The van der Waals surface area contributed by atoms with Gasteiger partial charge in [-0.1, -0.05) is 12.1 Å². The second kappa shape index (κ2) is 7.38. The van der Waals surface area contributed by atoms with Crippen molar-refractivity contribution in [2.75, 3.05) is 12.4 Å². The van der Waals surface area contributed by atoms with Crippen molar-refractivity contribution < 1.29 is 21.6 Å². The number of rotatable bonds is 3. The van der Waals surface area contributed by atoms with Crippen molar-refractivity contribution >= 4 is 35.6 Å². The standard InChI is InChI=1S/C13H13F3N4.Cl2O2S/c1-17-12-18-11(13(14,15)16)19-20(12)10-4-2-3-9(7-10)8-5-6-8;1-5(2,3)4/h2-4,7-8H,5-6H2,1H3,(H,17,18,19);. The SMILES string of the molecule is CNc1nc(C(F)(F)F)nn1-c1cccc(C2CC2)c1.O=S(=O)(Cl)Cl. The van der Waals surface area contributed by atoms with Gasteiger partial charge in [0.05, 0.1) is 5.69 Å². The van der Waals surface area contributed by atoms with Gasteiger partial charge in [0.2, 0.25) is 5.95 Å². The maximum absolute atomic E-state index is 12.7. The summed E-state index contributed by atoms with van der Waals surface area (Å²) in [6.07, 6.45) is -2.29. The second-order valence-electron chi connectivity index (χ2n) is 5.17. The molecule has 2 aromatic rings. The summed E-state index contributed by atoms with van der Waals surface area (Å²) in [6, 6.07) is 7.41. The Kier molecular flexibility index (Phi) is 5.85. The Balaban J connectivity index is 0.000000399. The van der Waals surface area contributed by atoms with Gasteiger partial charge in [-0.2, -0.15) is 31.3 Å². The zero-order valence-electron chi connectivity index (χ0n) is 12.8. The number of anilines is 1. The molecule has 3 rings (SSSR count). The van der Waals surface area contributed by atoms with Crippen LogP contribution in [0.5, 0.6) is 0 Å². The van der Waals surface area contributed by atoms with Crippen molar-refractivity contribution in [3.05, 3.63) is 35.7 Å². The first kappa shape index (κ1) is 19.8. The van der Waals surface area contributed by atoms with Crippen LogP contribution >= 0.6 is 21.4 Å². The third kappa shape index (κ3) is 6.05. The summed E-state index contributed by atoms with van der Waals surface area (Å²) in [6.45, 7) is 0. The summed E-state index contributed by atoms with van der Waals surface area (Å²) < 4.78 is 57.6. The number of benzene rings is 1.